The number of anilines is 1. The summed E-state index contributed by atoms with van der Waals surface area (Å²) < 4.78 is 74.4. The summed E-state index contributed by atoms with van der Waals surface area (Å²) in [5.41, 5.74) is 7.23. The molecule has 14 heteroatoms. The predicted molar refractivity (Wildman–Crippen MR) is 123 cm³/mol. The number of halogens is 4. The van der Waals surface area contributed by atoms with E-state index in [1.165, 1.54) is 22.8 Å². The molecule has 1 aliphatic heterocycles. The van der Waals surface area contributed by atoms with Gasteiger partial charge in [-0.1, -0.05) is 30.3 Å². The van der Waals surface area contributed by atoms with E-state index in [1.54, 1.807) is 36.4 Å². The highest BCUT2D eigenvalue weighted by Gasteiger charge is 2.38. The zero-order valence-corrected chi connectivity index (χ0v) is 19.4. The van der Waals surface area contributed by atoms with Gasteiger partial charge in [0.2, 0.25) is 16.0 Å². The maximum atomic E-state index is 14.8. The van der Waals surface area contributed by atoms with Crippen LogP contribution < -0.4 is 11.1 Å². The Morgan fingerprint density at radius 3 is 2.14 bits per heavy atom. The molecule has 192 valence electrons. The van der Waals surface area contributed by atoms with Gasteiger partial charge in [-0.3, -0.25) is 0 Å². The van der Waals surface area contributed by atoms with E-state index in [9.17, 15) is 26.0 Å². The van der Waals surface area contributed by atoms with E-state index in [0.717, 1.165) is 0 Å². The van der Waals surface area contributed by atoms with Crippen molar-refractivity contribution in [1.29, 1.82) is 0 Å². The molecule has 9 nitrogen and oxygen atoms in total. The maximum Gasteiger partial charge on any atom is 0.490 e. The van der Waals surface area contributed by atoms with Crippen LogP contribution in [0.4, 0.5) is 23.5 Å². The number of nitrogen functional groups attached to an aromatic ring is 1. The molecule has 0 unspecified atom stereocenters. The van der Waals surface area contributed by atoms with Gasteiger partial charge in [0.15, 0.2) is 0 Å². The van der Waals surface area contributed by atoms with Crippen molar-refractivity contribution in [2.75, 3.05) is 31.9 Å². The second-order valence-electron chi connectivity index (χ2n) is 7.48. The molecule has 36 heavy (non-hydrogen) atoms. The van der Waals surface area contributed by atoms with Gasteiger partial charge < -0.3 is 16.2 Å². The number of aliphatic carboxylic acids is 1. The van der Waals surface area contributed by atoms with Crippen molar-refractivity contribution in [2.45, 2.75) is 11.1 Å². The highest BCUT2D eigenvalue weighted by molar-refractivity contribution is 7.89. The number of piperazine rings is 1. The number of hydrogen-bond donors (Lipinski definition) is 3. The Kier molecular flexibility index (Phi) is 8.22. The Labute approximate surface area is 203 Å². The number of hydrogen-bond acceptors (Lipinski definition) is 7. The monoisotopic (exact) mass is 527 g/mol. The van der Waals surface area contributed by atoms with Crippen molar-refractivity contribution in [1.82, 2.24) is 19.6 Å². The van der Waals surface area contributed by atoms with Gasteiger partial charge in [-0.15, -0.1) is 0 Å². The molecule has 4 rings (SSSR count). The minimum atomic E-state index is -5.08. The lowest BCUT2D eigenvalue weighted by molar-refractivity contribution is -0.192. The van der Waals surface area contributed by atoms with Crippen molar-refractivity contribution in [2.24, 2.45) is 0 Å². The SMILES string of the molecule is Nc1ncc(-c2ccc(-c3ccccc3S(=O)(=O)N3CCNCC3)cc2F)cn1.O=C(O)C(F)(F)F. The third-order valence-electron chi connectivity index (χ3n) is 5.09. The van der Waals surface area contributed by atoms with Gasteiger partial charge in [0.1, 0.15) is 5.82 Å². The predicted octanol–water partition coefficient (Wildman–Crippen LogP) is 2.76. The van der Waals surface area contributed by atoms with Gasteiger partial charge in [0.25, 0.3) is 0 Å². The molecule has 0 atom stereocenters. The molecule has 0 bridgehead atoms. The number of carboxylic acids is 1. The lowest BCUT2D eigenvalue weighted by Gasteiger charge is -2.27. The fourth-order valence-corrected chi connectivity index (χ4v) is 5.00. The van der Waals surface area contributed by atoms with E-state index in [0.29, 0.717) is 48.4 Å². The van der Waals surface area contributed by atoms with Gasteiger partial charge in [-0.25, -0.2) is 27.6 Å². The zero-order valence-electron chi connectivity index (χ0n) is 18.5. The molecule has 1 fully saturated rings. The van der Waals surface area contributed by atoms with Crippen molar-refractivity contribution in [3.8, 4) is 22.3 Å². The topological polar surface area (TPSA) is 139 Å². The first-order valence-corrected chi connectivity index (χ1v) is 11.8. The first kappa shape index (κ1) is 27.0. The van der Waals surface area contributed by atoms with E-state index in [2.05, 4.69) is 15.3 Å². The summed E-state index contributed by atoms with van der Waals surface area (Å²) in [4.78, 5) is 16.8. The molecule has 1 saturated heterocycles. The smallest absolute Gasteiger partial charge is 0.475 e. The third kappa shape index (κ3) is 6.33. The number of aromatic nitrogens is 2. The Bertz CT molecular complexity index is 1330. The van der Waals surface area contributed by atoms with Crippen LogP contribution in [0.15, 0.2) is 59.8 Å². The van der Waals surface area contributed by atoms with Crippen LogP contribution in [0.1, 0.15) is 0 Å². The van der Waals surface area contributed by atoms with Crippen LogP contribution in [0.2, 0.25) is 0 Å². The van der Waals surface area contributed by atoms with Crippen LogP contribution in [-0.4, -0.2) is 66.1 Å². The largest absolute Gasteiger partial charge is 0.490 e. The number of nitrogens with two attached hydrogens (primary N) is 1. The van der Waals surface area contributed by atoms with E-state index in [4.69, 9.17) is 15.6 Å². The molecule has 3 aromatic rings. The lowest BCUT2D eigenvalue weighted by atomic mass is 10.0. The summed E-state index contributed by atoms with van der Waals surface area (Å²) in [5, 5.41) is 10.3. The number of carbonyl (C=O) groups is 1. The molecule has 2 aromatic carbocycles. The Balaban J connectivity index is 0.000000454. The summed E-state index contributed by atoms with van der Waals surface area (Å²) in [6.07, 6.45) is -2.19. The number of alkyl halides is 3. The van der Waals surface area contributed by atoms with Gasteiger partial charge >= 0.3 is 12.1 Å². The molecule has 1 aliphatic rings. The fourth-order valence-electron chi connectivity index (χ4n) is 3.35. The van der Waals surface area contributed by atoms with E-state index in [-0.39, 0.29) is 10.8 Å². The summed E-state index contributed by atoms with van der Waals surface area (Å²) in [6.45, 7) is 2.02. The minimum absolute atomic E-state index is 0.109. The molecular formula is C22H21F4N5O4S. The molecule has 4 N–H and O–H groups in total. The lowest BCUT2D eigenvalue weighted by Crippen LogP contribution is -2.46. The standard InChI is InChI=1S/C20H20FN5O2S.C2HF3O2/c21-18-11-14(5-6-16(18)15-12-24-20(22)25-13-15)17-3-1-2-4-19(17)29(27,28)26-9-7-23-8-10-26;3-2(4,5)1(6)7/h1-6,11-13,23H,7-10H2,(H2,22,24,25);(H,6,7). The summed E-state index contributed by atoms with van der Waals surface area (Å²) >= 11 is 0. The molecular weight excluding hydrogens is 506 g/mol. The highest BCUT2D eigenvalue weighted by atomic mass is 32.2. The summed E-state index contributed by atoms with van der Waals surface area (Å²) in [7, 11) is -3.68. The Hall–Kier alpha value is -3.62. The number of rotatable bonds is 4. The molecule has 0 aliphatic carbocycles. The van der Waals surface area contributed by atoms with Gasteiger partial charge in [-0.2, -0.15) is 17.5 Å². The summed E-state index contributed by atoms with van der Waals surface area (Å²) in [5.74, 6) is -3.14. The van der Waals surface area contributed by atoms with E-state index < -0.39 is 28.0 Å². The molecule has 0 spiro atoms. The number of benzene rings is 2. The van der Waals surface area contributed by atoms with Crippen LogP contribution in [0.5, 0.6) is 0 Å². The molecule has 2 heterocycles. The molecule has 0 radical (unpaired) electrons. The van der Waals surface area contributed by atoms with Crippen molar-refractivity contribution in [3.05, 3.63) is 60.7 Å². The van der Waals surface area contributed by atoms with Crippen LogP contribution in [0, 0.1) is 5.82 Å². The Morgan fingerprint density at radius 1 is 1.00 bits per heavy atom. The van der Waals surface area contributed by atoms with Crippen LogP contribution in [0.3, 0.4) is 0 Å². The number of nitrogens with zero attached hydrogens (tertiary/aromatic N) is 3. The van der Waals surface area contributed by atoms with E-state index >= 15 is 0 Å². The van der Waals surface area contributed by atoms with Crippen LogP contribution in [-0.2, 0) is 14.8 Å². The van der Waals surface area contributed by atoms with Crippen LogP contribution >= 0.6 is 0 Å². The third-order valence-corrected chi connectivity index (χ3v) is 7.04. The van der Waals surface area contributed by atoms with Crippen molar-refractivity contribution < 1.29 is 35.9 Å². The normalized spacial score (nSPS) is 14.6. The first-order chi connectivity index (χ1) is 16.9. The number of carboxylic acid groups (broad SMARTS) is 1. The minimum Gasteiger partial charge on any atom is -0.475 e. The number of sulfonamides is 1. The van der Waals surface area contributed by atoms with Crippen LogP contribution in [0.25, 0.3) is 22.3 Å². The van der Waals surface area contributed by atoms with Gasteiger partial charge in [0, 0.05) is 55.3 Å². The Morgan fingerprint density at radius 2 is 1.58 bits per heavy atom. The van der Waals surface area contributed by atoms with E-state index in [1.807, 2.05) is 0 Å². The number of nitrogens with one attached hydrogen (secondary N) is 1. The summed E-state index contributed by atoms with van der Waals surface area (Å²) in [6, 6.07) is 11.3. The molecule has 1 aromatic heterocycles. The second kappa shape index (κ2) is 11.0. The van der Waals surface area contributed by atoms with Gasteiger partial charge in [0.05, 0.1) is 4.90 Å². The zero-order chi connectivity index (χ0) is 26.5. The van der Waals surface area contributed by atoms with Gasteiger partial charge in [-0.05, 0) is 17.7 Å². The van der Waals surface area contributed by atoms with Crippen molar-refractivity contribution >= 4 is 21.9 Å². The average molecular weight is 528 g/mol. The molecule has 0 saturated carbocycles. The molecule has 0 amide bonds. The average Bonchev–Trinajstić information content (AvgIpc) is 2.85. The second-order valence-corrected chi connectivity index (χ2v) is 9.38. The fraction of sp³-hybridized carbons (Fsp3) is 0.227. The highest BCUT2D eigenvalue weighted by Crippen LogP contribution is 2.32. The first-order valence-electron chi connectivity index (χ1n) is 10.4. The quantitative estimate of drug-likeness (QED) is 0.441. The maximum absolute atomic E-state index is 14.8. The van der Waals surface area contributed by atoms with Crippen molar-refractivity contribution in [3.63, 3.8) is 0 Å².